The van der Waals surface area contributed by atoms with E-state index in [9.17, 15) is 0 Å². The molecule has 2 heteroatoms. The number of hydrogen-bond acceptors (Lipinski definition) is 2. The molecule has 2 N–H and O–H groups in total. The largest absolute Gasteiger partial charge is 0.368 e. The second-order valence-electron chi connectivity index (χ2n) is 4.46. The molecule has 0 aromatic heterocycles. The monoisotopic (exact) mass is 204 g/mol. The fraction of sp³-hybridized carbons (Fsp3) is 0.538. The van der Waals surface area contributed by atoms with Crippen LogP contribution in [0.2, 0.25) is 0 Å². The molecule has 0 radical (unpaired) electrons. The number of benzene rings is 1. The molecule has 0 spiro atoms. The smallest absolute Gasteiger partial charge is 0.0398 e. The van der Waals surface area contributed by atoms with Gasteiger partial charge >= 0.3 is 0 Å². The fourth-order valence-electron chi connectivity index (χ4n) is 2.40. The van der Waals surface area contributed by atoms with Gasteiger partial charge in [0.25, 0.3) is 0 Å². The first kappa shape index (κ1) is 10.5. The van der Waals surface area contributed by atoms with Gasteiger partial charge in [-0.05, 0) is 38.3 Å². The van der Waals surface area contributed by atoms with Crippen molar-refractivity contribution in [2.75, 3.05) is 11.4 Å². The summed E-state index contributed by atoms with van der Waals surface area (Å²) >= 11 is 0. The van der Waals surface area contributed by atoms with Crippen molar-refractivity contribution in [2.24, 2.45) is 5.73 Å². The number of para-hydroxylation sites is 1. The van der Waals surface area contributed by atoms with Crippen molar-refractivity contribution < 1.29 is 0 Å². The molecule has 2 nitrogen and oxygen atoms in total. The second kappa shape index (κ2) is 4.23. The van der Waals surface area contributed by atoms with Gasteiger partial charge in [-0.25, -0.2) is 0 Å². The number of nitrogens with two attached hydrogens (primary N) is 1. The number of aryl methyl sites for hydroxylation is 1. The molecule has 0 atom stereocenters. The Morgan fingerprint density at radius 1 is 1.33 bits per heavy atom. The third kappa shape index (κ3) is 2.00. The zero-order valence-electron chi connectivity index (χ0n) is 9.61. The van der Waals surface area contributed by atoms with Crippen LogP contribution in [0.25, 0.3) is 0 Å². The van der Waals surface area contributed by atoms with Crippen molar-refractivity contribution in [1.82, 2.24) is 0 Å². The molecule has 0 heterocycles. The minimum Gasteiger partial charge on any atom is -0.368 e. The average molecular weight is 204 g/mol. The normalized spacial score (nSPS) is 24.7. The molecule has 1 aliphatic carbocycles. The molecule has 1 aromatic rings. The van der Waals surface area contributed by atoms with Gasteiger partial charge in [0.05, 0.1) is 0 Å². The summed E-state index contributed by atoms with van der Waals surface area (Å²) in [5.74, 6) is 0. The summed E-state index contributed by atoms with van der Waals surface area (Å²) in [7, 11) is 0. The highest BCUT2D eigenvalue weighted by atomic mass is 15.2. The van der Waals surface area contributed by atoms with Crippen LogP contribution in [-0.2, 0) is 0 Å². The molecule has 15 heavy (non-hydrogen) atoms. The highest BCUT2D eigenvalue weighted by Crippen LogP contribution is 2.30. The Morgan fingerprint density at radius 3 is 2.53 bits per heavy atom. The van der Waals surface area contributed by atoms with E-state index in [1.807, 2.05) is 0 Å². The van der Waals surface area contributed by atoms with Gasteiger partial charge in [-0.2, -0.15) is 0 Å². The molecule has 0 aliphatic heterocycles. The molecule has 1 aromatic carbocycles. The minimum absolute atomic E-state index is 0.424. The number of rotatable bonds is 3. The van der Waals surface area contributed by atoms with Crippen molar-refractivity contribution >= 4 is 5.69 Å². The van der Waals surface area contributed by atoms with Gasteiger partial charge in [0.1, 0.15) is 0 Å². The van der Waals surface area contributed by atoms with E-state index in [4.69, 9.17) is 5.73 Å². The van der Waals surface area contributed by atoms with E-state index in [2.05, 4.69) is 43.0 Å². The quantitative estimate of drug-likeness (QED) is 0.818. The summed E-state index contributed by atoms with van der Waals surface area (Å²) in [6.45, 7) is 5.47. The number of hydrogen-bond donors (Lipinski definition) is 1. The summed E-state index contributed by atoms with van der Waals surface area (Å²) in [4.78, 5) is 2.48. The molecule has 1 aliphatic rings. The van der Waals surface area contributed by atoms with Crippen LogP contribution >= 0.6 is 0 Å². The van der Waals surface area contributed by atoms with Gasteiger partial charge in [0.15, 0.2) is 0 Å². The first-order chi connectivity index (χ1) is 7.22. The number of anilines is 1. The molecule has 0 bridgehead atoms. The Kier molecular flexibility index (Phi) is 2.96. The van der Waals surface area contributed by atoms with Crippen molar-refractivity contribution in [3.8, 4) is 0 Å². The molecule has 1 saturated carbocycles. The lowest BCUT2D eigenvalue weighted by Gasteiger charge is -2.43. The molecule has 0 saturated heterocycles. The zero-order valence-corrected chi connectivity index (χ0v) is 9.61. The predicted octanol–water partition coefficient (Wildman–Crippen LogP) is 2.31. The second-order valence-corrected chi connectivity index (χ2v) is 4.46. The summed E-state index contributed by atoms with van der Waals surface area (Å²) in [6, 6.07) is 9.68. The van der Waals surface area contributed by atoms with E-state index in [1.165, 1.54) is 11.3 Å². The highest BCUT2D eigenvalue weighted by molar-refractivity contribution is 5.54. The molecular formula is C13H20N2. The van der Waals surface area contributed by atoms with E-state index in [0.717, 1.165) is 19.4 Å². The van der Waals surface area contributed by atoms with Gasteiger partial charge in [0, 0.05) is 24.3 Å². The summed E-state index contributed by atoms with van der Waals surface area (Å²) in [6.07, 6.45) is 2.28. The maximum atomic E-state index is 5.85. The Labute approximate surface area is 92.1 Å². The lowest BCUT2D eigenvalue weighted by Crippen LogP contribution is -2.51. The van der Waals surface area contributed by atoms with E-state index in [-0.39, 0.29) is 0 Å². The molecule has 0 amide bonds. The fourth-order valence-corrected chi connectivity index (χ4v) is 2.40. The van der Waals surface area contributed by atoms with E-state index < -0.39 is 0 Å². The van der Waals surface area contributed by atoms with Crippen LogP contribution in [0.5, 0.6) is 0 Å². The Hall–Kier alpha value is -1.02. The SMILES string of the molecule is CCN(c1ccccc1C)C1CC(N)C1. The van der Waals surface area contributed by atoms with Crippen LogP contribution in [-0.4, -0.2) is 18.6 Å². The lowest BCUT2D eigenvalue weighted by molar-refractivity contribution is 0.332. The maximum Gasteiger partial charge on any atom is 0.0398 e. The van der Waals surface area contributed by atoms with E-state index in [0.29, 0.717) is 12.1 Å². The average Bonchev–Trinajstić information content (AvgIpc) is 2.19. The molecule has 1 fully saturated rings. The Morgan fingerprint density at radius 2 is 2.00 bits per heavy atom. The topological polar surface area (TPSA) is 29.3 Å². The van der Waals surface area contributed by atoms with Crippen LogP contribution in [0, 0.1) is 6.92 Å². The van der Waals surface area contributed by atoms with E-state index >= 15 is 0 Å². The standard InChI is InChI=1S/C13H20N2/c1-3-15(12-8-11(14)9-12)13-7-5-4-6-10(13)2/h4-7,11-12H,3,8-9,14H2,1-2H3. The number of nitrogens with zero attached hydrogens (tertiary/aromatic N) is 1. The Balaban J connectivity index is 2.16. The van der Waals surface area contributed by atoms with Crippen LogP contribution < -0.4 is 10.6 Å². The van der Waals surface area contributed by atoms with Crippen LogP contribution in [0.4, 0.5) is 5.69 Å². The van der Waals surface area contributed by atoms with Crippen LogP contribution in [0.3, 0.4) is 0 Å². The van der Waals surface area contributed by atoms with Crippen molar-refractivity contribution in [2.45, 2.75) is 38.8 Å². The maximum absolute atomic E-state index is 5.85. The molecular weight excluding hydrogens is 184 g/mol. The third-order valence-electron chi connectivity index (χ3n) is 3.36. The van der Waals surface area contributed by atoms with E-state index in [1.54, 1.807) is 0 Å². The van der Waals surface area contributed by atoms with Gasteiger partial charge in [0.2, 0.25) is 0 Å². The highest BCUT2D eigenvalue weighted by Gasteiger charge is 2.30. The van der Waals surface area contributed by atoms with Crippen molar-refractivity contribution in [1.29, 1.82) is 0 Å². The van der Waals surface area contributed by atoms with Gasteiger partial charge in [-0.3, -0.25) is 0 Å². The van der Waals surface area contributed by atoms with Crippen molar-refractivity contribution in [3.63, 3.8) is 0 Å². The first-order valence-corrected chi connectivity index (χ1v) is 5.80. The summed E-state index contributed by atoms with van der Waals surface area (Å²) < 4.78 is 0. The minimum atomic E-state index is 0.424. The lowest BCUT2D eigenvalue weighted by atomic mass is 9.85. The third-order valence-corrected chi connectivity index (χ3v) is 3.36. The van der Waals surface area contributed by atoms with Gasteiger partial charge in [-0.15, -0.1) is 0 Å². The predicted molar refractivity (Wildman–Crippen MR) is 65.2 cm³/mol. The summed E-state index contributed by atoms with van der Waals surface area (Å²) in [5, 5.41) is 0. The molecule has 82 valence electrons. The van der Waals surface area contributed by atoms with Crippen molar-refractivity contribution in [3.05, 3.63) is 29.8 Å². The van der Waals surface area contributed by atoms with Gasteiger partial charge in [-0.1, -0.05) is 18.2 Å². The molecule has 2 rings (SSSR count). The van der Waals surface area contributed by atoms with Crippen LogP contribution in [0.1, 0.15) is 25.3 Å². The zero-order chi connectivity index (χ0) is 10.8. The summed E-state index contributed by atoms with van der Waals surface area (Å²) in [5.41, 5.74) is 8.58. The Bertz CT molecular complexity index is 329. The first-order valence-electron chi connectivity index (χ1n) is 5.80. The van der Waals surface area contributed by atoms with Crippen LogP contribution in [0.15, 0.2) is 24.3 Å². The van der Waals surface area contributed by atoms with Gasteiger partial charge < -0.3 is 10.6 Å². The molecule has 0 unspecified atom stereocenters.